The van der Waals surface area contributed by atoms with E-state index in [1.54, 1.807) is 0 Å². The highest BCUT2D eigenvalue weighted by Crippen LogP contribution is 2.33. The van der Waals surface area contributed by atoms with Crippen molar-refractivity contribution in [2.75, 3.05) is 24.5 Å². The number of benzene rings is 1. The molecular formula is C15H21N3S. The SMILES string of the molecule is Cc1cc(C)c2nc(N3CCC(CN)CC3)sc2c1. The van der Waals surface area contributed by atoms with Crippen LogP contribution in [-0.4, -0.2) is 24.6 Å². The van der Waals surface area contributed by atoms with Gasteiger partial charge in [0.2, 0.25) is 0 Å². The Morgan fingerprint density at radius 1 is 1.32 bits per heavy atom. The average molecular weight is 275 g/mol. The third-order valence-electron chi connectivity index (χ3n) is 4.04. The van der Waals surface area contributed by atoms with Crippen molar-refractivity contribution in [3.05, 3.63) is 23.3 Å². The molecule has 0 unspecified atom stereocenters. The van der Waals surface area contributed by atoms with Crippen molar-refractivity contribution in [2.45, 2.75) is 26.7 Å². The number of nitrogens with zero attached hydrogens (tertiary/aromatic N) is 2. The van der Waals surface area contributed by atoms with E-state index in [9.17, 15) is 0 Å². The van der Waals surface area contributed by atoms with Crippen LogP contribution in [0.15, 0.2) is 12.1 Å². The molecule has 4 heteroatoms. The number of hydrogen-bond donors (Lipinski definition) is 1. The number of piperidine rings is 1. The average Bonchev–Trinajstić information content (AvgIpc) is 2.83. The van der Waals surface area contributed by atoms with E-state index in [0.29, 0.717) is 5.92 Å². The predicted molar refractivity (Wildman–Crippen MR) is 83.1 cm³/mol. The summed E-state index contributed by atoms with van der Waals surface area (Å²) >= 11 is 1.82. The van der Waals surface area contributed by atoms with E-state index in [4.69, 9.17) is 10.7 Å². The number of thiazole rings is 1. The van der Waals surface area contributed by atoms with Crippen LogP contribution in [0.3, 0.4) is 0 Å². The number of anilines is 1. The second-order valence-corrected chi connectivity index (χ2v) is 6.60. The molecule has 2 N–H and O–H groups in total. The van der Waals surface area contributed by atoms with Gasteiger partial charge in [0.25, 0.3) is 0 Å². The van der Waals surface area contributed by atoms with E-state index in [0.717, 1.165) is 19.6 Å². The van der Waals surface area contributed by atoms with E-state index in [1.807, 2.05) is 11.3 Å². The minimum Gasteiger partial charge on any atom is -0.348 e. The van der Waals surface area contributed by atoms with Crippen LogP contribution in [0.1, 0.15) is 24.0 Å². The summed E-state index contributed by atoms with van der Waals surface area (Å²) in [5.74, 6) is 0.703. The van der Waals surface area contributed by atoms with E-state index in [1.165, 1.54) is 39.3 Å². The lowest BCUT2D eigenvalue weighted by Crippen LogP contribution is -2.35. The van der Waals surface area contributed by atoms with Gasteiger partial charge in [0.1, 0.15) is 0 Å². The Bertz CT molecular complexity index is 582. The van der Waals surface area contributed by atoms with E-state index < -0.39 is 0 Å². The Kier molecular flexibility index (Phi) is 3.46. The highest BCUT2D eigenvalue weighted by Gasteiger charge is 2.20. The molecular weight excluding hydrogens is 254 g/mol. The molecule has 1 aromatic carbocycles. The van der Waals surface area contributed by atoms with Gasteiger partial charge in [-0.2, -0.15) is 0 Å². The first kappa shape index (κ1) is 12.9. The van der Waals surface area contributed by atoms with Crippen LogP contribution in [0.5, 0.6) is 0 Å². The number of aryl methyl sites for hydroxylation is 2. The van der Waals surface area contributed by atoms with Crippen LogP contribution in [0.2, 0.25) is 0 Å². The zero-order valence-electron chi connectivity index (χ0n) is 11.6. The summed E-state index contributed by atoms with van der Waals surface area (Å²) in [6.07, 6.45) is 2.40. The second-order valence-electron chi connectivity index (χ2n) is 5.59. The molecule has 0 radical (unpaired) electrons. The smallest absolute Gasteiger partial charge is 0.186 e. The van der Waals surface area contributed by atoms with Gasteiger partial charge in [-0.05, 0) is 56.3 Å². The fraction of sp³-hybridized carbons (Fsp3) is 0.533. The topological polar surface area (TPSA) is 42.2 Å². The molecule has 102 valence electrons. The summed E-state index contributed by atoms with van der Waals surface area (Å²) in [4.78, 5) is 7.26. The Labute approximate surface area is 118 Å². The normalized spacial score (nSPS) is 17.3. The standard InChI is InChI=1S/C15H21N3S/c1-10-7-11(2)14-13(8-10)19-15(17-14)18-5-3-12(9-16)4-6-18/h7-8,12H,3-6,9,16H2,1-2H3. The molecule has 0 amide bonds. The van der Waals surface area contributed by atoms with Crippen LogP contribution in [-0.2, 0) is 0 Å². The van der Waals surface area contributed by atoms with Crippen molar-refractivity contribution in [1.82, 2.24) is 4.98 Å². The van der Waals surface area contributed by atoms with Gasteiger partial charge in [-0.25, -0.2) is 4.98 Å². The van der Waals surface area contributed by atoms with Crippen LogP contribution in [0, 0.1) is 19.8 Å². The Morgan fingerprint density at radius 2 is 2.05 bits per heavy atom. The van der Waals surface area contributed by atoms with Gasteiger partial charge in [0, 0.05) is 13.1 Å². The molecule has 0 spiro atoms. The Balaban J connectivity index is 1.88. The molecule has 19 heavy (non-hydrogen) atoms. The zero-order valence-corrected chi connectivity index (χ0v) is 12.5. The number of hydrogen-bond acceptors (Lipinski definition) is 4. The monoisotopic (exact) mass is 275 g/mol. The molecule has 2 heterocycles. The lowest BCUT2D eigenvalue weighted by atomic mass is 9.98. The molecule has 1 aliphatic heterocycles. The molecule has 0 saturated carbocycles. The zero-order chi connectivity index (χ0) is 13.4. The van der Waals surface area contributed by atoms with Crippen molar-refractivity contribution in [3.63, 3.8) is 0 Å². The Hall–Kier alpha value is -1.13. The molecule has 0 bridgehead atoms. The first-order valence-electron chi connectivity index (χ1n) is 7.00. The molecule has 2 aromatic rings. The van der Waals surface area contributed by atoms with Crippen LogP contribution in [0.25, 0.3) is 10.2 Å². The predicted octanol–water partition coefficient (Wildman–Crippen LogP) is 3.09. The van der Waals surface area contributed by atoms with E-state index in [-0.39, 0.29) is 0 Å². The summed E-state index contributed by atoms with van der Waals surface area (Å²) in [5.41, 5.74) is 9.53. The summed E-state index contributed by atoms with van der Waals surface area (Å²) in [6.45, 7) is 7.32. The van der Waals surface area contributed by atoms with Crippen molar-refractivity contribution < 1.29 is 0 Å². The number of nitrogens with two attached hydrogens (primary N) is 1. The first-order valence-corrected chi connectivity index (χ1v) is 7.82. The van der Waals surface area contributed by atoms with Crippen LogP contribution >= 0.6 is 11.3 Å². The summed E-state index contributed by atoms with van der Waals surface area (Å²) < 4.78 is 1.31. The van der Waals surface area contributed by atoms with Gasteiger partial charge >= 0.3 is 0 Å². The van der Waals surface area contributed by atoms with E-state index >= 15 is 0 Å². The minimum absolute atomic E-state index is 0.703. The fourth-order valence-corrected chi connectivity index (χ4v) is 4.05. The molecule has 0 atom stereocenters. The van der Waals surface area contributed by atoms with Crippen molar-refractivity contribution in [1.29, 1.82) is 0 Å². The second kappa shape index (κ2) is 5.10. The molecule has 0 aliphatic carbocycles. The molecule has 1 fully saturated rings. The lowest BCUT2D eigenvalue weighted by molar-refractivity contribution is 0.414. The first-order chi connectivity index (χ1) is 9.17. The highest BCUT2D eigenvalue weighted by atomic mass is 32.1. The molecule has 3 nitrogen and oxygen atoms in total. The highest BCUT2D eigenvalue weighted by molar-refractivity contribution is 7.22. The number of rotatable bonds is 2. The summed E-state index contributed by atoms with van der Waals surface area (Å²) in [6, 6.07) is 4.46. The minimum atomic E-state index is 0.703. The van der Waals surface area contributed by atoms with Crippen LogP contribution < -0.4 is 10.6 Å². The maximum atomic E-state index is 5.75. The maximum Gasteiger partial charge on any atom is 0.186 e. The summed E-state index contributed by atoms with van der Waals surface area (Å²) in [7, 11) is 0. The van der Waals surface area contributed by atoms with Gasteiger partial charge in [-0.3, -0.25) is 0 Å². The molecule has 1 aliphatic rings. The maximum absolute atomic E-state index is 5.75. The van der Waals surface area contributed by atoms with Gasteiger partial charge in [-0.15, -0.1) is 0 Å². The third kappa shape index (κ3) is 2.47. The fourth-order valence-electron chi connectivity index (χ4n) is 2.85. The van der Waals surface area contributed by atoms with E-state index in [2.05, 4.69) is 30.9 Å². The lowest BCUT2D eigenvalue weighted by Gasteiger charge is -2.30. The number of aromatic nitrogens is 1. The molecule has 1 aromatic heterocycles. The summed E-state index contributed by atoms with van der Waals surface area (Å²) in [5, 5.41) is 1.18. The van der Waals surface area contributed by atoms with Gasteiger partial charge in [-0.1, -0.05) is 17.4 Å². The quantitative estimate of drug-likeness (QED) is 0.916. The number of fused-ring (bicyclic) bond motifs is 1. The van der Waals surface area contributed by atoms with Crippen molar-refractivity contribution >= 4 is 26.7 Å². The van der Waals surface area contributed by atoms with Crippen LogP contribution in [0.4, 0.5) is 5.13 Å². The Morgan fingerprint density at radius 3 is 2.74 bits per heavy atom. The van der Waals surface area contributed by atoms with Gasteiger partial charge in [0.05, 0.1) is 10.2 Å². The molecule has 1 saturated heterocycles. The van der Waals surface area contributed by atoms with Gasteiger partial charge < -0.3 is 10.6 Å². The van der Waals surface area contributed by atoms with Gasteiger partial charge in [0.15, 0.2) is 5.13 Å². The molecule has 3 rings (SSSR count). The van der Waals surface area contributed by atoms with Crippen molar-refractivity contribution in [2.24, 2.45) is 11.7 Å². The van der Waals surface area contributed by atoms with Crippen molar-refractivity contribution in [3.8, 4) is 0 Å². The largest absolute Gasteiger partial charge is 0.348 e. The third-order valence-corrected chi connectivity index (χ3v) is 5.10.